The molecule has 6 N–H and O–H groups in total. The fraction of sp³-hybridized carbons (Fsp3) is 0.541. The van der Waals surface area contributed by atoms with E-state index >= 15 is 0 Å². The number of hydrogen-bond acceptors (Lipinski definition) is 8. The topological polar surface area (TPSA) is 209 Å². The van der Waals surface area contributed by atoms with Crippen LogP contribution in [0, 0.1) is 23.7 Å². The summed E-state index contributed by atoms with van der Waals surface area (Å²) in [5.41, 5.74) is 0.889. The largest absolute Gasteiger partial charge is 0.502 e. The summed E-state index contributed by atoms with van der Waals surface area (Å²) in [5.74, 6) is -6.94. The summed E-state index contributed by atoms with van der Waals surface area (Å²) in [6.45, 7) is 16.8. The quantitative estimate of drug-likeness (QED) is 0.103. The van der Waals surface area contributed by atoms with E-state index in [1.807, 2.05) is 30.3 Å². The first-order valence-electron chi connectivity index (χ1n) is 17.0. The van der Waals surface area contributed by atoms with Crippen LogP contribution >= 0.6 is 0 Å². The zero-order valence-corrected chi connectivity index (χ0v) is 31.1. The van der Waals surface area contributed by atoms with Crippen molar-refractivity contribution in [2.24, 2.45) is 23.7 Å². The maximum absolute atomic E-state index is 13.4. The second-order valence-corrected chi connectivity index (χ2v) is 13.5. The molecular weight excluding hydrogens is 658 g/mol. The van der Waals surface area contributed by atoms with Crippen LogP contribution in [-0.4, -0.2) is 83.7 Å². The van der Waals surface area contributed by atoms with Crippen LogP contribution in [0.15, 0.2) is 48.7 Å². The Kier molecular flexibility index (Phi) is 18.3. The average molecular weight is 714 g/mol. The molecule has 0 bridgehead atoms. The van der Waals surface area contributed by atoms with Gasteiger partial charge in [0.25, 0.3) is 0 Å². The van der Waals surface area contributed by atoms with Crippen LogP contribution in [-0.2, 0) is 38.3 Å². The van der Waals surface area contributed by atoms with Crippen molar-refractivity contribution in [3.8, 4) is 0 Å². The molecule has 0 aliphatic rings. The molecule has 0 aromatic heterocycles. The summed E-state index contributed by atoms with van der Waals surface area (Å²) in [4.78, 5) is 90.5. The van der Waals surface area contributed by atoms with Gasteiger partial charge in [0.2, 0.25) is 29.5 Å². The van der Waals surface area contributed by atoms with Crippen molar-refractivity contribution in [3.05, 3.63) is 54.3 Å². The molecule has 14 nitrogen and oxygen atoms in total. The van der Waals surface area contributed by atoms with E-state index < -0.39 is 95.8 Å². The lowest BCUT2D eigenvalue weighted by molar-refractivity contribution is -0.142. The first kappa shape index (κ1) is 44.0. The van der Waals surface area contributed by atoms with Gasteiger partial charge in [0.05, 0.1) is 31.2 Å². The van der Waals surface area contributed by atoms with Crippen LogP contribution in [0.5, 0.6) is 0 Å². The van der Waals surface area contributed by atoms with E-state index in [9.17, 15) is 38.7 Å². The number of carboxylic acids is 1. The summed E-state index contributed by atoms with van der Waals surface area (Å²) in [6.07, 6.45) is 2.69. The monoisotopic (exact) mass is 713 g/mol. The molecule has 6 atom stereocenters. The highest BCUT2D eigenvalue weighted by molar-refractivity contribution is 5.98. The predicted octanol–water partition coefficient (Wildman–Crippen LogP) is 2.34. The molecule has 0 spiro atoms. The Balaban J connectivity index is 3.05. The molecule has 0 aliphatic heterocycles. The smallest absolute Gasteiger partial charge is 0.305 e. The van der Waals surface area contributed by atoms with E-state index in [0.29, 0.717) is 0 Å². The van der Waals surface area contributed by atoms with Gasteiger partial charge in [-0.25, -0.2) is 0 Å². The highest BCUT2D eigenvalue weighted by atomic mass is 16.5. The minimum atomic E-state index is -1.60. The highest BCUT2D eigenvalue weighted by Gasteiger charge is 2.34. The molecule has 6 unspecified atom stereocenters. The van der Waals surface area contributed by atoms with Gasteiger partial charge in [0, 0.05) is 12.3 Å². The Morgan fingerprint density at radius 2 is 1.20 bits per heavy atom. The van der Waals surface area contributed by atoms with Gasteiger partial charge in [-0.1, -0.05) is 97.5 Å². The lowest BCUT2D eigenvalue weighted by atomic mass is 9.98. The summed E-state index contributed by atoms with van der Waals surface area (Å²) in [5, 5.41) is 22.3. The zero-order valence-electron chi connectivity index (χ0n) is 31.1. The minimum absolute atomic E-state index is 0.0347. The highest BCUT2D eigenvalue weighted by Crippen LogP contribution is 2.12. The van der Waals surface area contributed by atoms with Crippen molar-refractivity contribution >= 4 is 47.4 Å². The Morgan fingerprint density at radius 1 is 0.686 bits per heavy atom. The van der Waals surface area contributed by atoms with Gasteiger partial charge in [0.1, 0.15) is 24.2 Å². The SMILES string of the molecule is C=C(CC(NC(=O)C(C)NC(=O)C(NC(=O)C(CC(=O)O)NC(=O)C(NC(=O)C(C)/C=C\c1ccccc1)C(C)C)C(C)C)C(=O)C(C)C)OC. The summed E-state index contributed by atoms with van der Waals surface area (Å²) in [6, 6.07) is 3.32. The summed E-state index contributed by atoms with van der Waals surface area (Å²) < 4.78 is 5.06. The van der Waals surface area contributed by atoms with Crippen molar-refractivity contribution in [1.29, 1.82) is 0 Å². The van der Waals surface area contributed by atoms with E-state index in [-0.39, 0.29) is 18.0 Å². The number of carboxylic acid groups (broad SMARTS) is 1. The normalized spacial score (nSPS) is 14.8. The van der Waals surface area contributed by atoms with Crippen LogP contribution in [0.3, 0.4) is 0 Å². The number of ketones is 1. The maximum Gasteiger partial charge on any atom is 0.305 e. The Labute approximate surface area is 300 Å². The predicted molar refractivity (Wildman–Crippen MR) is 193 cm³/mol. The van der Waals surface area contributed by atoms with Gasteiger partial charge >= 0.3 is 5.97 Å². The molecule has 0 fully saturated rings. The Bertz CT molecular complexity index is 1420. The van der Waals surface area contributed by atoms with E-state index in [0.717, 1.165) is 5.56 Å². The number of carbonyl (C=O) groups excluding carboxylic acids is 6. The van der Waals surface area contributed by atoms with Gasteiger partial charge in [-0.3, -0.25) is 33.6 Å². The van der Waals surface area contributed by atoms with Gasteiger partial charge < -0.3 is 36.4 Å². The van der Waals surface area contributed by atoms with Crippen LogP contribution in [0.2, 0.25) is 0 Å². The minimum Gasteiger partial charge on any atom is -0.502 e. The lowest BCUT2D eigenvalue weighted by Crippen LogP contribution is -2.60. The lowest BCUT2D eigenvalue weighted by Gasteiger charge is -2.28. The first-order valence-corrected chi connectivity index (χ1v) is 17.0. The molecule has 5 amide bonds. The molecule has 282 valence electrons. The third-order valence-corrected chi connectivity index (χ3v) is 8.00. The van der Waals surface area contributed by atoms with Crippen LogP contribution in [0.1, 0.15) is 73.8 Å². The van der Waals surface area contributed by atoms with E-state index in [1.165, 1.54) is 14.0 Å². The fourth-order valence-corrected chi connectivity index (χ4v) is 4.76. The van der Waals surface area contributed by atoms with Gasteiger partial charge in [-0.05, 0) is 24.3 Å². The summed E-state index contributed by atoms with van der Waals surface area (Å²) >= 11 is 0. The van der Waals surface area contributed by atoms with E-state index in [4.69, 9.17) is 4.74 Å². The number of methoxy groups -OCH3 is 1. The average Bonchev–Trinajstić information content (AvgIpc) is 3.06. The molecule has 0 radical (unpaired) electrons. The molecule has 1 aromatic rings. The van der Waals surface area contributed by atoms with Crippen molar-refractivity contribution in [3.63, 3.8) is 0 Å². The molecule has 0 heterocycles. The first-order chi connectivity index (χ1) is 23.8. The molecule has 0 saturated carbocycles. The molecule has 51 heavy (non-hydrogen) atoms. The Hall–Kier alpha value is -5.01. The number of rotatable bonds is 21. The molecule has 1 aromatic carbocycles. The number of ether oxygens (including phenoxy) is 1. The standard InChI is InChI=1S/C37H55N5O9/c1-20(2)30(36(49)38-25(9)34(47)39-27(18-24(8)51-10)32(45)22(5)6)42-35(48)28(19-29(43)44)40-37(50)31(21(3)4)41-33(46)23(7)16-17-26-14-12-11-13-15-26/h11-17,20-23,25,27-28,30-31H,8,18-19H2,1-7,9-10H3,(H,38,49)(H,39,47)(H,40,50)(H,41,46)(H,42,48)(H,43,44)/b17-16-. The number of benzene rings is 1. The number of hydrogen-bond donors (Lipinski definition) is 6. The molecule has 0 aliphatic carbocycles. The van der Waals surface area contributed by atoms with Crippen molar-refractivity contribution in [2.75, 3.05) is 7.11 Å². The Morgan fingerprint density at radius 3 is 1.69 bits per heavy atom. The molecule has 14 heteroatoms. The maximum atomic E-state index is 13.4. The number of carbonyl (C=O) groups is 7. The third kappa shape index (κ3) is 15.2. The van der Waals surface area contributed by atoms with Crippen molar-refractivity contribution in [1.82, 2.24) is 26.6 Å². The third-order valence-electron chi connectivity index (χ3n) is 8.00. The molecule has 0 saturated heterocycles. The molecular formula is C37H55N5O9. The number of amides is 5. The van der Waals surface area contributed by atoms with Crippen LogP contribution < -0.4 is 26.6 Å². The van der Waals surface area contributed by atoms with Gasteiger partial charge in [-0.15, -0.1) is 0 Å². The van der Waals surface area contributed by atoms with Crippen LogP contribution in [0.25, 0.3) is 6.08 Å². The number of nitrogens with one attached hydrogen (secondary N) is 5. The van der Waals surface area contributed by atoms with Gasteiger partial charge in [0.15, 0.2) is 5.78 Å². The zero-order chi connectivity index (χ0) is 39.0. The van der Waals surface area contributed by atoms with Crippen molar-refractivity contribution < 1.29 is 43.4 Å². The van der Waals surface area contributed by atoms with Crippen LogP contribution in [0.4, 0.5) is 0 Å². The van der Waals surface area contributed by atoms with E-state index in [2.05, 4.69) is 33.2 Å². The second kappa shape index (κ2) is 21.3. The second-order valence-electron chi connectivity index (χ2n) is 13.5. The van der Waals surface area contributed by atoms with E-state index in [1.54, 1.807) is 60.6 Å². The molecule has 1 rings (SSSR count). The fourth-order valence-electron chi connectivity index (χ4n) is 4.76. The number of aliphatic carboxylic acids is 1. The summed E-state index contributed by atoms with van der Waals surface area (Å²) in [7, 11) is 1.39. The van der Waals surface area contributed by atoms with Crippen molar-refractivity contribution in [2.45, 2.75) is 98.4 Å². The van der Waals surface area contributed by atoms with Gasteiger partial charge in [-0.2, -0.15) is 0 Å². The number of Topliss-reactive ketones (excluding diaryl/α,β-unsaturated/α-hetero) is 1.